The normalized spacial score (nSPS) is 14.6. The molecule has 2 N–H and O–H groups in total. The molecule has 2 aromatic rings. The zero-order valence-corrected chi connectivity index (χ0v) is 11.5. The van der Waals surface area contributed by atoms with Gasteiger partial charge in [0.05, 0.1) is 6.61 Å². The van der Waals surface area contributed by atoms with Crippen LogP contribution in [0.1, 0.15) is 18.5 Å². The fraction of sp³-hybridized carbons (Fsp3) is 0.467. The van der Waals surface area contributed by atoms with Gasteiger partial charge in [-0.2, -0.15) is 15.4 Å². The number of benzene rings is 1. The maximum Gasteiger partial charge on any atom is 0.117 e. The van der Waals surface area contributed by atoms with E-state index in [1.165, 1.54) is 12.8 Å². The van der Waals surface area contributed by atoms with Gasteiger partial charge in [-0.05, 0) is 18.8 Å². The van der Waals surface area contributed by atoms with Gasteiger partial charge in [0.2, 0.25) is 0 Å². The first kappa shape index (κ1) is 13.3. The second kappa shape index (κ2) is 6.63. The first-order valence-corrected chi connectivity index (χ1v) is 7.17. The molecule has 0 spiro atoms. The molecule has 5 heteroatoms. The molecular weight excluding hydrogens is 252 g/mol. The van der Waals surface area contributed by atoms with E-state index in [0.717, 1.165) is 42.6 Å². The summed E-state index contributed by atoms with van der Waals surface area (Å²) in [4.78, 5) is 0. The second-order valence-electron chi connectivity index (χ2n) is 5.18. The van der Waals surface area contributed by atoms with E-state index in [1.807, 2.05) is 30.3 Å². The van der Waals surface area contributed by atoms with Crippen LogP contribution in [0.2, 0.25) is 0 Å². The van der Waals surface area contributed by atoms with Crippen molar-refractivity contribution in [2.45, 2.75) is 19.4 Å². The molecule has 0 saturated heterocycles. The standard InChI is InChI=1S/C15H20N4O/c1-2-4-13(5-3-1)15-14(17-19-18-15)10-16-8-9-20-11-12-6-7-12/h1-5,12,16H,6-11H2,(H,17,18,19). The summed E-state index contributed by atoms with van der Waals surface area (Å²) in [5.74, 6) is 0.829. The van der Waals surface area contributed by atoms with Crippen LogP contribution in [0.25, 0.3) is 11.3 Å². The molecule has 0 atom stereocenters. The van der Waals surface area contributed by atoms with Gasteiger partial charge in [0, 0.05) is 25.3 Å². The van der Waals surface area contributed by atoms with Gasteiger partial charge in [-0.3, -0.25) is 0 Å². The maximum atomic E-state index is 5.59. The predicted octanol–water partition coefficient (Wildman–Crippen LogP) is 1.99. The van der Waals surface area contributed by atoms with Crippen molar-refractivity contribution in [1.29, 1.82) is 0 Å². The van der Waals surface area contributed by atoms with Crippen molar-refractivity contribution < 1.29 is 4.74 Å². The minimum Gasteiger partial charge on any atom is -0.380 e. The van der Waals surface area contributed by atoms with Crippen LogP contribution < -0.4 is 5.32 Å². The summed E-state index contributed by atoms with van der Waals surface area (Å²) >= 11 is 0. The van der Waals surface area contributed by atoms with Crippen LogP contribution in [0.4, 0.5) is 0 Å². The van der Waals surface area contributed by atoms with Crippen molar-refractivity contribution in [2.24, 2.45) is 5.92 Å². The summed E-state index contributed by atoms with van der Waals surface area (Å²) in [6.45, 7) is 3.22. The highest BCUT2D eigenvalue weighted by atomic mass is 16.5. The summed E-state index contributed by atoms with van der Waals surface area (Å²) in [5.41, 5.74) is 2.94. The molecular formula is C15H20N4O. The van der Waals surface area contributed by atoms with Gasteiger partial charge in [0.25, 0.3) is 0 Å². The Hall–Kier alpha value is -1.72. The van der Waals surface area contributed by atoms with Crippen LogP contribution in [-0.2, 0) is 11.3 Å². The lowest BCUT2D eigenvalue weighted by Crippen LogP contribution is -2.20. The molecule has 5 nitrogen and oxygen atoms in total. The number of aromatic nitrogens is 3. The minimum absolute atomic E-state index is 0.702. The average Bonchev–Trinajstić information content (AvgIpc) is 3.20. The summed E-state index contributed by atoms with van der Waals surface area (Å²) in [6, 6.07) is 10.1. The Kier molecular flexibility index (Phi) is 4.40. The van der Waals surface area contributed by atoms with Crippen LogP contribution in [0.3, 0.4) is 0 Å². The molecule has 1 aliphatic carbocycles. The van der Waals surface area contributed by atoms with E-state index < -0.39 is 0 Å². The molecule has 1 fully saturated rings. The number of hydrogen-bond donors (Lipinski definition) is 2. The number of hydrogen-bond acceptors (Lipinski definition) is 4. The van der Waals surface area contributed by atoms with Gasteiger partial charge in [-0.25, -0.2) is 0 Å². The molecule has 0 unspecified atom stereocenters. The third-order valence-electron chi connectivity index (χ3n) is 3.43. The van der Waals surface area contributed by atoms with Crippen LogP contribution in [0.5, 0.6) is 0 Å². The fourth-order valence-electron chi connectivity index (χ4n) is 2.09. The SMILES string of the molecule is c1ccc(-c2n[nH]nc2CNCCOCC2CC2)cc1. The van der Waals surface area contributed by atoms with Crippen molar-refractivity contribution >= 4 is 0 Å². The molecule has 1 aromatic heterocycles. The summed E-state index contributed by atoms with van der Waals surface area (Å²) in [7, 11) is 0. The smallest absolute Gasteiger partial charge is 0.117 e. The Morgan fingerprint density at radius 3 is 2.85 bits per heavy atom. The molecule has 1 aromatic carbocycles. The molecule has 1 aliphatic rings. The Labute approximate surface area is 118 Å². The van der Waals surface area contributed by atoms with Gasteiger partial charge < -0.3 is 10.1 Å². The predicted molar refractivity (Wildman–Crippen MR) is 77.1 cm³/mol. The Morgan fingerprint density at radius 1 is 1.20 bits per heavy atom. The van der Waals surface area contributed by atoms with E-state index in [4.69, 9.17) is 4.74 Å². The quantitative estimate of drug-likeness (QED) is 0.721. The number of aromatic amines is 1. The zero-order chi connectivity index (χ0) is 13.6. The lowest BCUT2D eigenvalue weighted by molar-refractivity contribution is 0.126. The topological polar surface area (TPSA) is 62.8 Å². The molecule has 106 valence electrons. The molecule has 0 amide bonds. The first-order chi connectivity index (χ1) is 9.93. The van der Waals surface area contributed by atoms with Crippen molar-refractivity contribution in [3.05, 3.63) is 36.0 Å². The maximum absolute atomic E-state index is 5.59. The molecule has 1 saturated carbocycles. The summed E-state index contributed by atoms with van der Waals surface area (Å²) in [5, 5.41) is 14.5. The van der Waals surface area contributed by atoms with Crippen molar-refractivity contribution in [1.82, 2.24) is 20.7 Å². The van der Waals surface area contributed by atoms with Crippen LogP contribution in [0, 0.1) is 5.92 Å². The monoisotopic (exact) mass is 272 g/mol. The van der Waals surface area contributed by atoms with E-state index in [0.29, 0.717) is 6.54 Å². The fourth-order valence-corrected chi connectivity index (χ4v) is 2.09. The number of nitrogens with zero attached hydrogens (tertiary/aromatic N) is 2. The van der Waals surface area contributed by atoms with Gasteiger partial charge in [-0.15, -0.1) is 0 Å². The van der Waals surface area contributed by atoms with Crippen LogP contribution in [0.15, 0.2) is 30.3 Å². The summed E-state index contributed by atoms with van der Waals surface area (Å²) < 4.78 is 5.59. The Balaban J connectivity index is 1.44. The second-order valence-corrected chi connectivity index (χ2v) is 5.18. The third-order valence-corrected chi connectivity index (χ3v) is 3.43. The zero-order valence-electron chi connectivity index (χ0n) is 11.5. The lowest BCUT2D eigenvalue weighted by Gasteiger charge is -2.05. The molecule has 0 aliphatic heterocycles. The van der Waals surface area contributed by atoms with E-state index in [1.54, 1.807) is 0 Å². The molecule has 0 bridgehead atoms. The number of H-pyrrole nitrogens is 1. The van der Waals surface area contributed by atoms with Crippen molar-refractivity contribution in [3.8, 4) is 11.3 Å². The number of nitrogens with one attached hydrogen (secondary N) is 2. The van der Waals surface area contributed by atoms with Crippen LogP contribution >= 0.6 is 0 Å². The summed E-state index contributed by atoms with van der Waals surface area (Å²) in [6.07, 6.45) is 2.68. The van der Waals surface area contributed by atoms with Crippen molar-refractivity contribution in [3.63, 3.8) is 0 Å². The largest absolute Gasteiger partial charge is 0.380 e. The van der Waals surface area contributed by atoms with Gasteiger partial charge in [0.15, 0.2) is 0 Å². The van der Waals surface area contributed by atoms with Gasteiger partial charge in [-0.1, -0.05) is 30.3 Å². The first-order valence-electron chi connectivity index (χ1n) is 7.17. The Bertz CT molecular complexity index is 522. The highest BCUT2D eigenvalue weighted by Gasteiger charge is 2.20. The molecule has 20 heavy (non-hydrogen) atoms. The highest BCUT2D eigenvalue weighted by molar-refractivity contribution is 5.60. The average molecular weight is 272 g/mol. The number of rotatable bonds is 8. The van der Waals surface area contributed by atoms with Crippen molar-refractivity contribution in [2.75, 3.05) is 19.8 Å². The van der Waals surface area contributed by atoms with E-state index in [-0.39, 0.29) is 0 Å². The van der Waals surface area contributed by atoms with E-state index >= 15 is 0 Å². The third kappa shape index (κ3) is 3.65. The Morgan fingerprint density at radius 2 is 2.05 bits per heavy atom. The van der Waals surface area contributed by atoms with Gasteiger partial charge in [0.1, 0.15) is 11.4 Å². The molecule has 0 radical (unpaired) electrons. The highest BCUT2D eigenvalue weighted by Crippen LogP contribution is 2.28. The lowest BCUT2D eigenvalue weighted by atomic mass is 10.1. The molecule has 1 heterocycles. The molecule has 3 rings (SSSR count). The number of ether oxygens (including phenoxy) is 1. The minimum atomic E-state index is 0.702. The van der Waals surface area contributed by atoms with Crippen LogP contribution in [-0.4, -0.2) is 35.2 Å². The van der Waals surface area contributed by atoms with E-state index in [2.05, 4.69) is 20.7 Å². The van der Waals surface area contributed by atoms with E-state index in [9.17, 15) is 0 Å². The van der Waals surface area contributed by atoms with Gasteiger partial charge >= 0.3 is 0 Å².